The zero-order valence-corrected chi connectivity index (χ0v) is 11.6. The molecule has 0 aliphatic carbocycles. The van der Waals surface area contributed by atoms with Crippen LogP contribution >= 0.6 is 0 Å². The van der Waals surface area contributed by atoms with Crippen molar-refractivity contribution in [3.63, 3.8) is 0 Å². The Morgan fingerprint density at radius 1 is 1.32 bits per heavy atom. The molecule has 102 valence electrons. The van der Waals surface area contributed by atoms with Gasteiger partial charge in [0.1, 0.15) is 5.82 Å². The Morgan fingerprint density at radius 2 is 2.11 bits per heavy atom. The van der Waals surface area contributed by atoms with Crippen molar-refractivity contribution in [2.45, 2.75) is 39.3 Å². The van der Waals surface area contributed by atoms with Gasteiger partial charge in [-0.25, -0.2) is 4.39 Å². The molecule has 1 heterocycles. The molecule has 0 spiro atoms. The third-order valence-corrected chi connectivity index (χ3v) is 3.57. The topological polar surface area (TPSA) is 30.9 Å². The molecular formula is C16H21FN2. The Bertz CT molecular complexity index is 545. The van der Waals surface area contributed by atoms with E-state index in [4.69, 9.17) is 5.73 Å². The molecule has 0 bridgehead atoms. The first-order valence-corrected chi connectivity index (χ1v) is 6.74. The lowest BCUT2D eigenvalue weighted by molar-refractivity contribution is 0.604. The summed E-state index contributed by atoms with van der Waals surface area (Å²) in [6.45, 7) is 4.80. The standard InChI is InChI=1S/C16H21FN2/c1-3-15(18)10-16-5-4-8-19(16)11-13-9-14(17)7-6-12(13)2/h4-9,15H,3,10-11,18H2,1-2H3. The first-order chi connectivity index (χ1) is 9.10. The quantitative estimate of drug-likeness (QED) is 0.879. The number of halogens is 1. The fraction of sp³-hybridized carbons (Fsp3) is 0.375. The van der Waals surface area contributed by atoms with Gasteiger partial charge in [-0.15, -0.1) is 0 Å². The van der Waals surface area contributed by atoms with E-state index < -0.39 is 0 Å². The third-order valence-electron chi connectivity index (χ3n) is 3.57. The van der Waals surface area contributed by atoms with Crippen molar-refractivity contribution in [3.05, 3.63) is 59.2 Å². The average Bonchev–Trinajstić information content (AvgIpc) is 2.81. The number of rotatable bonds is 5. The smallest absolute Gasteiger partial charge is 0.123 e. The van der Waals surface area contributed by atoms with Gasteiger partial charge in [-0.2, -0.15) is 0 Å². The highest BCUT2D eigenvalue weighted by molar-refractivity contribution is 5.27. The molecule has 0 amide bonds. The maximum Gasteiger partial charge on any atom is 0.123 e. The molecule has 1 aromatic heterocycles. The minimum absolute atomic E-state index is 0.181. The van der Waals surface area contributed by atoms with Crippen molar-refractivity contribution >= 4 is 0 Å². The first kappa shape index (κ1) is 13.8. The summed E-state index contributed by atoms with van der Waals surface area (Å²) in [5.74, 6) is -0.181. The van der Waals surface area contributed by atoms with E-state index in [0.717, 1.165) is 24.0 Å². The highest BCUT2D eigenvalue weighted by Crippen LogP contribution is 2.15. The van der Waals surface area contributed by atoms with Gasteiger partial charge in [0.15, 0.2) is 0 Å². The van der Waals surface area contributed by atoms with Crippen molar-refractivity contribution in [2.24, 2.45) is 5.73 Å². The maximum atomic E-state index is 13.3. The molecule has 0 radical (unpaired) electrons. The van der Waals surface area contributed by atoms with Crippen LogP contribution in [0.15, 0.2) is 36.5 Å². The number of aryl methyl sites for hydroxylation is 1. The predicted molar refractivity (Wildman–Crippen MR) is 76.6 cm³/mol. The van der Waals surface area contributed by atoms with Crippen molar-refractivity contribution < 1.29 is 4.39 Å². The summed E-state index contributed by atoms with van der Waals surface area (Å²) in [5.41, 5.74) is 9.34. The number of hydrogen-bond donors (Lipinski definition) is 1. The van der Waals surface area contributed by atoms with Gasteiger partial charge in [0.2, 0.25) is 0 Å². The fourth-order valence-corrected chi connectivity index (χ4v) is 2.20. The van der Waals surface area contributed by atoms with Crippen LogP contribution in [-0.2, 0) is 13.0 Å². The van der Waals surface area contributed by atoms with Crippen LogP contribution in [0.1, 0.15) is 30.2 Å². The molecule has 1 unspecified atom stereocenters. The molecule has 0 aliphatic rings. The van der Waals surface area contributed by atoms with Gasteiger partial charge in [0.05, 0.1) is 0 Å². The molecule has 0 aliphatic heterocycles. The van der Waals surface area contributed by atoms with Crippen molar-refractivity contribution in [1.82, 2.24) is 4.57 Å². The highest BCUT2D eigenvalue weighted by atomic mass is 19.1. The Balaban J connectivity index is 2.19. The number of nitrogens with two attached hydrogens (primary N) is 1. The molecule has 1 atom stereocenters. The van der Waals surface area contributed by atoms with Gasteiger partial charge in [0, 0.05) is 30.9 Å². The van der Waals surface area contributed by atoms with Crippen LogP contribution in [0.5, 0.6) is 0 Å². The van der Waals surface area contributed by atoms with Crippen LogP contribution in [0.2, 0.25) is 0 Å². The summed E-state index contributed by atoms with van der Waals surface area (Å²) in [4.78, 5) is 0. The number of aromatic nitrogens is 1. The van der Waals surface area contributed by atoms with Crippen LogP contribution in [0.3, 0.4) is 0 Å². The second-order valence-corrected chi connectivity index (χ2v) is 5.07. The lowest BCUT2D eigenvalue weighted by Crippen LogP contribution is -2.23. The van der Waals surface area contributed by atoms with Crippen LogP contribution in [-0.4, -0.2) is 10.6 Å². The van der Waals surface area contributed by atoms with E-state index in [1.165, 1.54) is 11.8 Å². The molecule has 2 N–H and O–H groups in total. The summed E-state index contributed by atoms with van der Waals surface area (Å²) < 4.78 is 15.5. The van der Waals surface area contributed by atoms with Gasteiger partial charge < -0.3 is 10.3 Å². The van der Waals surface area contributed by atoms with Crippen molar-refractivity contribution in [1.29, 1.82) is 0 Å². The van der Waals surface area contributed by atoms with Crippen LogP contribution in [0, 0.1) is 12.7 Å². The zero-order chi connectivity index (χ0) is 13.8. The van der Waals surface area contributed by atoms with Gasteiger partial charge in [0.25, 0.3) is 0 Å². The van der Waals surface area contributed by atoms with Crippen molar-refractivity contribution in [2.75, 3.05) is 0 Å². The summed E-state index contributed by atoms with van der Waals surface area (Å²) in [6, 6.07) is 9.23. The number of nitrogens with zero attached hydrogens (tertiary/aromatic N) is 1. The van der Waals surface area contributed by atoms with E-state index in [9.17, 15) is 4.39 Å². The Kier molecular flexibility index (Phi) is 4.38. The lowest BCUT2D eigenvalue weighted by Gasteiger charge is -2.14. The largest absolute Gasteiger partial charge is 0.347 e. The summed E-state index contributed by atoms with van der Waals surface area (Å²) in [6.07, 6.45) is 3.85. The predicted octanol–water partition coefficient (Wildman–Crippen LogP) is 3.26. The maximum absolute atomic E-state index is 13.3. The Labute approximate surface area is 114 Å². The Morgan fingerprint density at radius 3 is 2.84 bits per heavy atom. The Hall–Kier alpha value is -1.61. The van der Waals surface area contributed by atoms with E-state index in [1.54, 1.807) is 6.07 Å². The van der Waals surface area contributed by atoms with Crippen LogP contribution in [0.25, 0.3) is 0 Å². The zero-order valence-electron chi connectivity index (χ0n) is 11.6. The molecule has 3 heteroatoms. The molecule has 2 aromatic rings. The molecule has 2 nitrogen and oxygen atoms in total. The monoisotopic (exact) mass is 260 g/mol. The molecule has 0 saturated heterocycles. The van der Waals surface area contributed by atoms with E-state index >= 15 is 0 Å². The lowest BCUT2D eigenvalue weighted by atomic mass is 10.1. The summed E-state index contributed by atoms with van der Waals surface area (Å²) in [7, 11) is 0. The van der Waals surface area contributed by atoms with Gasteiger partial charge in [-0.05, 0) is 48.7 Å². The van der Waals surface area contributed by atoms with Gasteiger partial charge in [-0.3, -0.25) is 0 Å². The van der Waals surface area contributed by atoms with Crippen molar-refractivity contribution in [3.8, 4) is 0 Å². The minimum atomic E-state index is -0.181. The average molecular weight is 260 g/mol. The second kappa shape index (κ2) is 6.02. The molecule has 0 saturated carbocycles. The highest BCUT2D eigenvalue weighted by Gasteiger charge is 2.08. The fourth-order valence-electron chi connectivity index (χ4n) is 2.20. The number of benzene rings is 1. The summed E-state index contributed by atoms with van der Waals surface area (Å²) >= 11 is 0. The molecule has 1 aromatic carbocycles. The van der Waals surface area contributed by atoms with Gasteiger partial charge in [-0.1, -0.05) is 13.0 Å². The normalized spacial score (nSPS) is 12.6. The van der Waals surface area contributed by atoms with E-state index in [1.807, 2.05) is 25.3 Å². The third kappa shape index (κ3) is 3.44. The molecular weight excluding hydrogens is 239 g/mol. The second-order valence-electron chi connectivity index (χ2n) is 5.07. The molecule has 2 rings (SSSR count). The number of hydrogen-bond acceptors (Lipinski definition) is 1. The minimum Gasteiger partial charge on any atom is -0.347 e. The molecule has 19 heavy (non-hydrogen) atoms. The molecule has 0 fully saturated rings. The van der Waals surface area contributed by atoms with Crippen LogP contribution in [0.4, 0.5) is 4.39 Å². The van der Waals surface area contributed by atoms with E-state index in [2.05, 4.69) is 17.6 Å². The SMILES string of the molecule is CCC(N)Cc1cccn1Cc1cc(F)ccc1C. The summed E-state index contributed by atoms with van der Waals surface area (Å²) in [5, 5.41) is 0. The first-order valence-electron chi connectivity index (χ1n) is 6.74. The van der Waals surface area contributed by atoms with Gasteiger partial charge >= 0.3 is 0 Å². The van der Waals surface area contributed by atoms with E-state index in [-0.39, 0.29) is 11.9 Å². The van der Waals surface area contributed by atoms with Crippen LogP contribution < -0.4 is 5.73 Å². The van der Waals surface area contributed by atoms with E-state index in [0.29, 0.717) is 6.54 Å².